The van der Waals surface area contributed by atoms with Crippen LogP contribution >= 0.6 is 0 Å². The molecule has 0 unspecified atom stereocenters. The van der Waals surface area contributed by atoms with Gasteiger partial charge in [-0.3, -0.25) is 0 Å². The van der Waals surface area contributed by atoms with Crippen LogP contribution < -0.4 is 0 Å². The predicted molar refractivity (Wildman–Crippen MR) is 91.4 cm³/mol. The van der Waals surface area contributed by atoms with E-state index < -0.39 is 0 Å². The monoisotopic (exact) mass is 294 g/mol. The number of methoxy groups -OCH3 is 1. The van der Waals surface area contributed by atoms with E-state index in [1.807, 2.05) is 6.08 Å². The summed E-state index contributed by atoms with van der Waals surface area (Å²) in [6.07, 6.45) is 23.4. The first-order valence-corrected chi connectivity index (χ1v) is 8.70. The Morgan fingerprint density at radius 3 is 1.76 bits per heavy atom. The van der Waals surface area contributed by atoms with Crippen molar-refractivity contribution < 1.29 is 9.53 Å². The van der Waals surface area contributed by atoms with Crippen molar-refractivity contribution in [2.24, 2.45) is 0 Å². The zero-order valence-corrected chi connectivity index (χ0v) is 14.1. The van der Waals surface area contributed by atoms with E-state index in [0.29, 0.717) is 0 Å². The maximum absolute atomic E-state index is 10.8. The summed E-state index contributed by atoms with van der Waals surface area (Å²) in [6.45, 7) is 2.26. The van der Waals surface area contributed by atoms with Crippen molar-refractivity contribution in [3.8, 4) is 0 Å². The van der Waals surface area contributed by atoms with Gasteiger partial charge in [0, 0.05) is 6.08 Å². The zero-order valence-electron chi connectivity index (χ0n) is 14.1. The standard InChI is InChI=1S/C19H34O2/c1-3-4-5-6-7-8-9-10-11-12-13-14-15-16-17-18-19(20)21-2/h8-9,17-18H,3-7,10-16H2,1-2H3. The van der Waals surface area contributed by atoms with Crippen molar-refractivity contribution in [3.05, 3.63) is 24.3 Å². The highest BCUT2D eigenvalue weighted by Gasteiger charge is 1.91. The van der Waals surface area contributed by atoms with Gasteiger partial charge in [-0.1, -0.05) is 63.7 Å². The molecule has 0 bridgehead atoms. The summed E-state index contributed by atoms with van der Waals surface area (Å²) in [5.41, 5.74) is 0. The van der Waals surface area contributed by atoms with Crippen molar-refractivity contribution in [2.45, 2.75) is 84.0 Å². The minimum Gasteiger partial charge on any atom is -0.466 e. The average molecular weight is 294 g/mol. The minimum absolute atomic E-state index is 0.253. The van der Waals surface area contributed by atoms with Crippen molar-refractivity contribution in [3.63, 3.8) is 0 Å². The van der Waals surface area contributed by atoms with Crippen LogP contribution in [0.15, 0.2) is 24.3 Å². The number of carbonyl (C=O) groups excluding carboxylic acids is 1. The largest absolute Gasteiger partial charge is 0.466 e. The lowest BCUT2D eigenvalue weighted by Gasteiger charge is -1.98. The molecule has 0 N–H and O–H groups in total. The normalized spacial score (nSPS) is 11.5. The fraction of sp³-hybridized carbons (Fsp3) is 0.737. The predicted octanol–water partition coefficient (Wildman–Crippen LogP) is 5.97. The maximum atomic E-state index is 10.8. The number of unbranched alkanes of at least 4 members (excludes halogenated alkanes) is 10. The summed E-state index contributed by atoms with van der Waals surface area (Å²) in [7, 11) is 1.41. The zero-order chi connectivity index (χ0) is 15.6. The fourth-order valence-electron chi connectivity index (χ4n) is 2.23. The molecule has 0 atom stereocenters. The molecule has 0 saturated heterocycles. The number of carbonyl (C=O) groups is 1. The molecule has 0 saturated carbocycles. The second-order valence-electron chi connectivity index (χ2n) is 5.59. The van der Waals surface area contributed by atoms with Gasteiger partial charge in [0.1, 0.15) is 0 Å². The van der Waals surface area contributed by atoms with Crippen molar-refractivity contribution in [1.82, 2.24) is 0 Å². The molecular weight excluding hydrogens is 260 g/mol. The molecule has 0 radical (unpaired) electrons. The quantitative estimate of drug-likeness (QED) is 0.171. The van der Waals surface area contributed by atoms with Gasteiger partial charge in [0.25, 0.3) is 0 Å². The average Bonchev–Trinajstić information content (AvgIpc) is 2.50. The van der Waals surface area contributed by atoms with E-state index in [4.69, 9.17) is 0 Å². The summed E-state index contributed by atoms with van der Waals surface area (Å²) < 4.78 is 4.54. The Morgan fingerprint density at radius 1 is 0.762 bits per heavy atom. The van der Waals surface area contributed by atoms with E-state index in [2.05, 4.69) is 23.8 Å². The highest BCUT2D eigenvalue weighted by Crippen LogP contribution is 2.09. The molecule has 0 spiro atoms. The van der Waals surface area contributed by atoms with Gasteiger partial charge in [-0.15, -0.1) is 0 Å². The number of ether oxygens (including phenoxy) is 1. The van der Waals surface area contributed by atoms with Crippen LogP contribution in [0.4, 0.5) is 0 Å². The molecule has 0 aliphatic heterocycles. The Balaban J connectivity index is 3.17. The lowest BCUT2D eigenvalue weighted by molar-refractivity contribution is -0.134. The highest BCUT2D eigenvalue weighted by atomic mass is 16.5. The summed E-state index contributed by atoms with van der Waals surface area (Å²) >= 11 is 0. The lowest BCUT2D eigenvalue weighted by Crippen LogP contribution is -1.93. The van der Waals surface area contributed by atoms with Gasteiger partial charge in [0.2, 0.25) is 0 Å². The number of rotatable bonds is 14. The number of allylic oxidation sites excluding steroid dienone is 3. The Morgan fingerprint density at radius 2 is 1.24 bits per heavy atom. The van der Waals surface area contributed by atoms with Gasteiger partial charge in [-0.05, 0) is 38.5 Å². The van der Waals surface area contributed by atoms with Crippen molar-refractivity contribution in [2.75, 3.05) is 7.11 Å². The molecule has 0 aromatic carbocycles. The fourth-order valence-corrected chi connectivity index (χ4v) is 2.23. The Bertz CT molecular complexity index is 279. The van der Waals surface area contributed by atoms with Crippen LogP contribution in [0.1, 0.15) is 84.0 Å². The Labute approximate surface area is 131 Å². The molecule has 0 rings (SSSR count). The van der Waals surface area contributed by atoms with Crippen LogP contribution in [0, 0.1) is 0 Å². The summed E-state index contributed by atoms with van der Waals surface area (Å²) in [5, 5.41) is 0. The van der Waals surface area contributed by atoms with Gasteiger partial charge >= 0.3 is 5.97 Å². The van der Waals surface area contributed by atoms with E-state index in [-0.39, 0.29) is 5.97 Å². The van der Waals surface area contributed by atoms with Gasteiger partial charge in [-0.2, -0.15) is 0 Å². The van der Waals surface area contributed by atoms with E-state index in [9.17, 15) is 4.79 Å². The van der Waals surface area contributed by atoms with Crippen LogP contribution in [0.5, 0.6) is 0 Å². The first-order valence-electron chi connectivity index (χ1n) is 8.70. The molecule has 21 heavy (non-hydrogen) atoms. The third kappa shape index (κ3) is 16.9. The molecule has 2 nitrogen and oxygen atoms in total. The molecule has 2 heteroatoms. The molecule has 0 aromatic heterocycles. The summed E-state index contributed by atoms with van der Waals surface area (Å²) in [5.74, 6) is -0.253. The number of esters is 1. The van der Waals surface area contributed by atoms with Crippen LogP contribution in [-0.2, 0) is 9.53 Å². The van der Waals surface area contributed by atoms with Gasteiger partial charge in [-0.25, -0.2) is 4.79 Å². The second-order valence-corrected chi connectivity index (χ2v) is 5.59. The van der Waals surface area contributed by atoms with Gasteiger partial charge in [0.05, 0.1) is 7.11 Å². The van der Waals surface area contributed by atoms with Crippen molar-refractivity contribution >= 4 is 5.97 Å². The third-order valence-electron chi connectivity index (χ3n) is 3.59. The molecule has 122 valence electrons. The topological polar surface area (TPSA) is 26.3 Å². The van der Waals surface area contributed by atoms with Crippen LogP contribution in [-0.4, -0.2) is 13.1 Å². The Hall–Kier alpha value is -1.05. The molecule has 0 aromatic rings. The van der Waals surface area contributed by atoms with E-state index in [1.54, 1.807) is 0 Å². The van der Waals surface area contributed by atoms with Crippen LogP contribution in [0.3, 0.4) is 0 Å². The molecule has 0 heterocycles. The molecule has 0 aliphatic rings. The third-order valence-corrected chi connectivity index (χ3v) is 3.59. The molecule has 0 amide bonds. The van der Waals surface area contributed by atoms with E-state index in [0.717, 1.165) is 6.42 Å². The Kier molecular flexibility index (Phi) is 16.2. The number of hydrogen-bond acceptors (Lipinski definition) is 2. The van der Waals surface area contributed by atoms with Crippen LogP contribution in [0.25, 0.3) is 0 Å². The maximum Gasteiger partial charge on any atom is 0.330 e. The minimum atomic E-state index is -0.253. The number of hydrogen-bond donors (Lipinski definition) is 0. The van der Waals surface area contributed by atoms with Crippen molar-refractivity contribution in [1.29, 1.82) is 0 Å². The first kappa shape index (κ1) is 19.9. The van der Waals surface area contributed by atoms with E-state index in [1.165, 1.54) is 83.8 Å². The lowest BCUT2D eigenvalue weighted by atomic mass is 10.1. The molecule has 0 fully saturated rings. The van der Waals surface area contributed by atoms with Crippen LogP contribution in [0.2, 0.25) is 0 Å². The molecule has 0 aliphatic carbocycles. The smallest absolute Gasteiger partial charge is 0.330 e. The second kappa shape index (κ2) is 17.0. The molecular formula is C19H34O2. The summed E-state index contributed by atoms with van der Waals surface area (Å²) in [4.78, 5) is 10.8. The SMILES string of the molecule is CCCCCCC=CCCCCCCCC=CC(=O)OC. The first-order chi connectivity index (χ1) is 10.3. The van der Waals surface area contributed by atoms with Gasteiger partial charge < -0.3 is 4.74 Å². The van der Waals surface area contributed by atoms with E-state index >= 15 is 0 Å². The summed E-state index contributed by atoms with van der Waals surface area (Å²) in [6, 6.07) is 0. The highest BCUT2D eigenvalue weighted by molar-refractivity contribution is 5.81. The van der Waals surface area contributed by atoms with Gasteiger partial charge in [0.15, 0.2) is 0 Å².